The van der Waals surface area contributed by atoms with Crippen molar-refractivity contribution in [3.05, 3.63) is 65.7 Å². The molecule has 1 aliphatic rings. The number of hydrogen-bond acceptors (Lipinski definition) is 4. The number of sulfonamides is 1. The molecule has 1 fully saturated rings. The second kappa shape index (κ2) is 9.86. The fraction of sp³-hybridized carbons (Fsp3) is 0.364. The summed E-state index contributed by atoms with van der Waals surface area (Å²) in [4.78, 5) is 27.1. The fourth-order valence-corrected chi connectivity index (χ4v) is 4.51. The summed E-state index contributed by atoms with van der Waals surface area (Å²) in [6, 6.07) is 15.0. The Morgan fingerprint density at radius 3 is 2.40 bits per heavy atom. The van der Waals surface area contributed by atoms with E-state index < -0.39 is 16.1 Å². The van der Waals surface area contributed by atoms with Crippen LogP contribution < -0.4 is 10.0 Å². The van der Waals surface area contributed by atoms with Gasteiger partial charge in [-0.25, -0.2) is 13.1 Å². The maximum Gasteiger partial charge on any atom is 0.247 e. The molecule has 2 N–H and O–H groups in total. The second-order valence-corrected chi connectivity index (χ2v) is 9.13. The van der Waals surface area contributed by atoms with E-state index >= 15 is 0 Å². The summed E-state index contributed by atoms with van der Waals surface area (Å²) in [5.41, 5.74) is 1.71. The molecule has 1 heterocycles. The molecule has 0 aliphatic carbocycles. The minimum atomic E-state index is -3.64. The lowest BCUT2D eigenvalue weighted by Gasteiger charge is -2.34. The number of aryl methyl sites for hydroxylation is 1. The highest BCUT2D eigenvalue weighted by atomic mass is 32.2. The molecule has 0 radical (unpaired) electrons. The van der Waals surface area contributed by atoms with Crippen LogP contribution in [0.3, 0.4) is 0 Å². The summed E-state index contributed by atoms with van der Waals surface area (Å²) >= 11 is 0. The van der Waals surface area contributed by atoms with Gasteiger partial charge in [-0.05, 0) is 37.5 Å². The largest absolute Gasteiger partial charge is 0.353 e. The Morgan fingerprint density at radius 2 is 1.73 bits per heavy atom. The lowest BCUT2D eigenvalue weighted by atomic mass is 10.0. The molecule has 0 spiro atoms. The van der Waals surface area contributed by atoms with Gasteiger partial charge in [0, 0.05) is 26.1 Å². The Kier molecular flexibility index (Phi) is 7.23. The first-order chi connectivity index (χ1) is 14.4. The van der Waals surface area contributed by atoms with Crippen LogP contribution in [0.5, 0.6) is 0 Å². The predicted molar refractivity (Wildman–Crippen MR) is 114 cm³/mol. The van der Waals surface area contributed by atoms with Gasteiger partial charge < -0.3 is 10.2 Å². The van der Waals surface area contributed by atoms with Crippen molar-refractivity contribution < 1.29 is 18.0 Å². The molecule has 8 heteroatoms. The van der Waals surface area contributed by atoms with Crippen molar-refractivity contribution in [1.82, 2.24) is 14.9 Å². The number of carbonyl (C=O) groups excluding carboxylic acids is 2. The lowest BCUT2D eigenvalue weighted by Crippen LogP contribution is -2.47. The smallest absolute Gasteiger partial charge is 0.247 e. The molecule has 3 rings (SSSR count). The molecule has 0 bridgehead atoms. The third kappa shape index (κ3) is 5.46. The lowest BCUT2D eigenvalue weighted by molar-refractivity contribution is -0.142. The van der Waals surface area contributed by atoms with Crippen LogP contribution in [0.15, 0.2) is 59.5 Å². The van der Waals surface area contributed by atoms with E-state index in [1.807, 2.05) is 37.3 Å². The molecule has 2 aromatic rings. The van der Waals surface area contributed by atoms with Gasteiger partial charge in [0.1, 0.15) is 6.04 Å². The van der Waals surface area contributed by atoms with E-state index in [1.165, 1.54) is 0 Å². The van der Waals surface area contributed by atoms with Gasteiger partial charge in [0.2, 0.25) is 21.8 Å². The highest BCUT2D eigenvalue weighted by molar-refractivity contribution is 7.89. The Labute approximate surface area is 177 Å². The molecular weight excluding hydrogens is 402 g/mol. The van der Waals surface area contributed by atoms with E-state index in [2.05, 4.69) is 10.0 Å². The molecule has 2 aromatic carbocycles. The van der Waals surface area contributed by atoms with E-state index in [-0.39, 0.29) is 29.8 Å². The van der Waals surface area contributed by atoms with Crippen molar-refractivity contribution in [2.75, 3.05) is 19.6 Å². The zero-order valence-electron chi connectivity index (χ0n) is 17.0. The van der Waals surface area contributed by atoms with Crippen molar-refractivity contribution in [3.63, 3.8) is 0 Å². The van der Waals surface area contributed by atoms with Crippen LogP contribution in [-0.2, 0) is 19.6 Å². The molecular formula is C22H27N3O4S. The van der Waals surface area contributed by atoms with Crippen molar-refractivity contribution in [2.45, 2.75) is 37.1 Å². The van der Waals surface area contributed by atoms with Gasteiger partial charge in [0.05, 0.1) is 4.90 Å². The van der Waals surface area contributed by atoms with Gasteiger partial charge in [-0.3, -0.25) is 9.59 Å². The number of rotatable bonds is 8. The maximum atomic E-state index is 12.9. The third-order valence-corrected chi connectivity index (χ3v) is 6.56. The number of likely N-dealkylation sites (tertiary alicyclic amines) is 1. The molecule has 1 unspecified atom stereocenters. The first kappa shape index (κ1) is 22.0. The Morgan fingerprint density at radius 1 is 1.03 bits per heavy atom. The topological polar surface area (TPSA) is 95.6 Å². The van der Waals surface area contributed by atoms with Gasteiger partial charge in [0.15, 0.2) is 0 Å². The molecule has 1 atom stereocenters. The first-order valence-corrected chi connectivity index (χ1v) is 11.6. The van der Waals surface area contributed by atoms with Crippen molar-refractivity contribution in [2.24, 2.45) is 0 Å². The van der Waals surface area contributed by atoms with E-state index in [1.54, 1.807) is 29.2 Å². The number of nitrogens with zero attached hydrogens (tertiary/aromatic N) is 1. The number of benzene rings is 2. The van der Waals surface area contributed by atoms with E-state index in [0.717, 1.165) is 24.0 Å². The van der Waals surface area contributed by atoms with Crippen LogP contribution >= 0.6 is 0 Å². The fourth-order valence-electron chi connectivity index (χ4n) is 3.48. The van der Waals surface area contributed by atoms with Gasteiger partial charge in [-0.1, -0.05) is 48.0 Å². The quantitative estimate of drug-likeness (QED) is 0.629. The van der Waals surface area contributed by atoms with Crippen LogP contribution in [-0.4, -0.2) is 44.8 Å². The monoisotopic (exact) mass is 429 g/mol. The molecule has 7 nitrogen and oxygen atoms in total. The van der Waals surface area contributed by atoms with Crippen molar-refractivity contribution in [1.29, 1.82) is 0 Å². The number of nitrogens with one attached hydrogen (secondary N) is 2. The maximum absolute atomic E-state index is 12.9. The summed E-state index contributed by atoms with van der Waals surface area (Å²) in [5, 5.41) is 2.77. The van der Waals surface area contributed by atoms with E-state index in [0.29, 0.717) is 13.0 Å². The zero-order chi connectivity index (χ0) is 21.6. The number of hydrogen-bond donors (Lipinski definition) is 2. The number of amides is 2. The van der Waals surface area contributed by atoms with Crippen molar-refractivity contribution in [3.8, 4) is 0 Å². The zero-order valence-corrected chi connectivity index (χ0v) is 17.8. The van der Waals surface area contributed by atoms with Gasteiger partial charge >= 0.3 is 0 Å². The summed E-state index contributed by atoms with van der Waals surface area (Å²) in [5.74, 6) is -0.351. The Bertz CT molecular complexity index is 975. The Hall–Kier alpha value is -2.71. The number of piperidine rings is 1. The van der Waals surface area contributed by atoms with Gasteiger partial charge in [-0.2, -0.15) is 0 Å². The molecule has 160 valence electrons. The normalized spacial score (nSPS) is 15.6. The standard InChI is InChI=1S/C22H27N3O4S/c1-17-10-12-19(13-11-17)30(28,29)24-15-14-23-22(27)21(18-7-3-2-4-8-18)25-16-6-5-9-20(25)26/h2-4,7-8,10-13,21,24H,5-6,9,14-16H2,1H3,(H,23,27). The highest BCUT2D eigenvalue weighted by Gasteiger charge is 2.32. The second-order valence-electron chi connectivity index (χ2n) is 7.36. The molecule has 2 amide bonds. The van der Waals surface area contributed by atoms with Crippen LogP contribution in [0, 0.1) is 6.92 Å². The number of carbonyl (C=O) groups is 2. The average Bonchev–Trinajstić information content (AvgIpc) is 2.74. The summed E-state index contributed by atoms with van der Waals surface area (Å²) in [6.45, 7) is 2.59. The van der Waals surface area contributed by atoms with Crippen LogP contribution in [0.4, 0.5) is 0 Å². The van der Waals surface area contributed by atoms with Crippen LogP contribution in [0.2, 0.25) is 0 Å². The summed E-state index contributed by atoms with van der Waals surface area (Å²) in [7, 11) is -3.64. The van der Waals surface area contributed by atoms with Crippen LogP contribution in [0.1, 0.15) is 36.4 Å². The van der Waals surface area contributed by atoms with Gasteiger partial charge in [0.25, 0.3) is 0 Å². The first-order valence-electron chi connectivity index (χ1n) is 10.1. The third-order valence-electron chi connectivity index (χ3n) is 5.08. The molecule has 30 heavy (non-hydrogen) atoms. The van der Waals surface area contributed by atoms with Crippen LogP contribution in [0.25, 0.3) is 0 Å². The molecule has 1 saturated heterocycles. The molecule has 1 aliphatic heterocycles. The Balaban J connectivity index is 1.62. The van der Waals surface area contributed by atoms with Crippen molar-refractivity contribution >= 4 is 21.8 Å². The average molecular weight is 430 g/mol. The minimum Gasteiger partial charge on any atom is -0.353 e. The van der Waals surface area contributed by atoms with Gasteiger partial charge in [-0.15, -0.1) is 0 Å². The van der Waals surface area contributed by atoms with E-state index in [4.69, 9.17) is 0 Å². The SMILES string of the molecule is Cc1ccc(S(=O)(=O)NCCNC(=O)C(c2ccccc2)N2CCCCC2=O)cc1. The summed E-state index contributed by atoms with van der Waals surface area (Å²) in [6.07, 6.45) is 2.13. The molecule has 0 aromatic heterocycles. The van der Waals surface area contributed by atoms with E-state index in [9.17, 15) is 18.0 Å². The predicted octanol–water partition coefficient (Wildman–Crippen LogP) is 2.14. The highest BCUT2D eigenvalue weighted by Crippen LogP contribution is 2.25. The molecule has 0 saturated carbocycles. The minimum absolute atomic E-state index is 0.0367. The summed E-state index contributed by atoms with van der Waals surface area (Å²) < 4.78 is 27.2.